The predicted molar refractivity (Wildman–Crippen MR) is 124 cm³/mol. The van der Waals surface area contributed by atoms with Crippen LogP contribution in [0.1, 0.15) is 16.7 Å². The number of para-hydroxylation sites is 2. The van der Waals surface area contributed by atoms with Gasteiger partial charge in [-0.05, 0) is 47.9 Å². The minimum absolute atomic E-state index is 0.0824. The molecule has 0 atom stereocenters. The van der Waals surface area contributed by atoms with E-state index in [1.807, 2.05) is 60.7 Å². The molecule has 5 rings (SSSR count). The lowest BCUT2D eigenvalue weighted by atomic mass is 10.0. The van der Waals surface area contributed by atoms with Crippen LogP contribution < -0.4 is 19.7 Å². The smallest absolute Gasteiger partial charge is 0.264 e. The first-order valence-electron chi connectivity index (χ1n) is 10.5. The van der Waals surface area contributed by atoms with Gasteiger partial charge in [0.05, 0.1) is 7.11 Å². The standard InChI is InChI=1S/C26H22N2O4/c1-31-24-15-17(14-20-19-7-3-4-8-21(19)27-26(20)30)10-11-23(24)32-16-25(29)28-13-12-18-6-2-5-9-22(18)28/h2-11,14-15H,12-13,16H2,1H3,(H,27,30)/b20-14-. The summed E-state index contributed by atoms with van der Waals surface area (Å²) in [6, 6.07) is 20.9. The van der Waals surface area contributed by atoms with Crippen LogP contribution in [0.5, 0.6) is 11.5 Å². The Morgan fingerprint density at radius 2 is 1.88 bits per heavy atom. The number of hydrogen-bond donors (Lipinski definition) is 1. The van der Waals surface area contributed by atoms with Crippen LogP contribution >= 0.6 is 0 Å². The van der Waals surface area contributed by atoms with Gasteiger partial charge < -0.3 is 19.7 Å². The molecule has 0 fully saturated rings. The number of amides is 2. The molecule has 0 bridgehead atoms. The van der Waals surface area contributed by atoms with E-state index in [-0.39, 0.29) is 18.4 Å². The molecular weight excluding hydrogens is 404 g/mol. The quantitative estimate of drug-likeness (QED) is 0.623. The van der Waals surface area contributed by atoms with Gasteiger partial charge in [0.1, 0.15) is 0 Å². The van der Waals surface area contributed by atoms with Crippen molar-refractivity contribution in [2.45, 2.75) is 6.42 Å². The number of ether oxygens (including phenoxy) is 2. The van der Waals surface area contributed by atoms with Gasteiger partial charge in [-0.25, -0.2) is 0 Å². The third kappa shape index (κ3) is 3.60. The Balaban J connectivity index is 1.33. The summed E-state index contributed by atoms with van der Waals surface area (Å²) in [5, 5.41) is 2.87. The number of methoxy groups -OCH3 is 1. The van der Waals surface area contributed by atoms with Gasteiger partial charge in [0.25, 0.3) is 11.8 Å². The van der Waals surface area contributed by atoms with E-state index in [0.29, 0.717) is 23.6 Å². The summed E-state index contributed by atoms with van der Waals surface area (Å²) in [4.78, 5) is 26.9. The molecule has 0 saturated carbocycles. The van der Waals surface area contributed by atoms with E-state index in [0.717, 1.165) is 28.9 Å². The van der Waals surface area contributed by atoms with Gasteiger partial charge in [-0.15, -0.1) is 0 Å². The average molecular weight is 426 g/mol. The highest BCUT2D eigenvalue weighted by atomic mass is 16.5. The molecule has 0 aromatic heterocycles. The van der Waals surface area contributed by atoms with Crippen molar-refractivity contribution in [2.75, 3.05) is 30.5 Å². The Labute approximate surface area is 186 Å². The Bertz CT molecular complexity index is 1250. The molecule has 3 aromatic rings. The van der Waals surface area contributed by atoms with Crippen molar-refractivity contribution in [1.29, 1.82) is 0 Å². The molecule has 0 spiro atoms. The van der Waals surface area contributed by atoms with Gasteiger partial charge in [-0.3, -0.25) is 9.59 Å². The van der Waals surface area contributed by atoms with Gasteiger partial charge in [0.15, 0.2) is 18.1 Å². The highest BCUT2D eigenvalue weighted by Gasteiger charge is 2.25. The number of anilines is 2. The van der Waals surface area contributed by atoms with E-state index < -0.39 is 0 Å². The summed E-state index contributed by atoms with van der Waals surface area (Å²) in [5.74, 6) is 0.747. The van der Waals surface area contributed by atoms with Crippen LogP contribution in [0.2, 0.25) is 0 Å². The number of fused-ring (bicyclic) bond motifs is 2. The first-order valence-corrected chi connectivity index (χ1v) is 10.5. The number of nitrogens with one attached hydrogen (secondary N) is 1. The fraction of sp³-hybridized carbons (Fsp3) is 0.154. The molecule has 0 saturated heterocycles. The molecule has 0 radical (unpaired) electrons. The molecular formula is C26H22N2O4. The van der Waals surface area contributed by atoms with Crippen molar-refractivity contribution in [2.24, 2.45) is 0 Å². The maximum Gasteiger partial charge on any atom is 0.264 e. The molecule has 2 aliphatic rings. The van der Waals surface area contributed by atoms with E-state index in [1.165, 1.54) is 5.56 Å². The van der Waals surface area contributed by atoms with Gasteiger partial charge in [0.2, 0.25) is 0 Å². The Morgan fingerprint density at radius 3 is 2.75 bits per heavy atom. The van der Waals surface area contributed by atoms with E-state index in [1.54, 1.807) is 24.1 Å². The van der Waals surface area contributed by atoms with Crippen LogP contribution in [-0.2, 0) is 16.0 Å². The normalized spacial score (nSPS) is 15.3. The number of hydrogen-bond acceptors (Lipinski definition) is 4. The van der Waals surface area contributed by atoms with Crippen LogP contribution in [0.15, 0.2) is 66.7 Å². The third-order valence-electron chi connectivity index (χ3n) is 5.75. The second-order valence-electron chi connectivity index (χ2n) is 7.68. The molecule has 1 N–H and O–H groups in total. The summed E-state index contributed by atoms with van der Waals surface area (Å²) < 4.78 is 11.3. The van der Waals surface area contributed by atoms with E-state index in [2.05, 4.69) is 5.32 Å². The lowest BCUT2D eigenvalue weighted by molar-refractivity contribution is -0.120. The third-order valence-corrected chi connectivity index (χ3v) is 5.75. The fourth-order valence-electron chi connectivity index (χ4n) is 4.16. The summed E-state index contributed by atoms with van der Waals surface area (Å²) in [6.45, 7) is 0.579. The van der Waals surface area contributed by atoms with Crippen LogP contribution in [0.3, 0.4) is 0 Å². The molecule has 160 valence electrons. The molecule has 32 heavy (non-hydrogen) atoms. The zero-order chi connectivity index (χ0) is 22.1. The minimum atomic E-state index is -0.137. The Hall–Kier alpha value is -4.06. The second kappa shape index (κ2) is 8.23. The van der Waals surface area contributed by atoms with Crippen molar-refractivity contribution in [1.82, 2.24) is 0 Å². The van der Waals surface area contributed by atoms with Crippen LogP contribution in [0.25, 0.3) is 11.6 Å². The fourth-order valence-corrected chi connectivity index (χ4v) is 4.16. The monoisotopic (exact) mass is 426 g/mol. The van der Waals surface area contributed by atoms with E-state index in [9.17, 15) is 9.59 Å². The predicted octanol–water partition coefficient (Wildman–Crippen LogP) is 4.16. The second-order valence-corrected chi connectivity index (χ2v) is 7.68. The summed E-state index contributed by atoms with van der Waals surface area (Å²) >= 11 is 0. The molecule has 2 aliphatic heterocycles. The lowest BCUT2D eigenvalue weighted by Crippen LogP contribution is -2.33. The van der Waals surface area contributed by atoms with E-state index in [4.69, 9.17) is 9.47 Å². The Morgan fingerprint density at radius 1 is 1.06 bits per heavy atom. The first-order chi connectivity index (χ1) is 15.6. The average Bonchev–Trinajstić information content (AvgIpc) is 3.39. The molecule has 2 heterocycles. The maximum absolute atomic E-state index is 12.7. The largest absolute Gasteiger partial charge is 0.493 e. The van der Waals surface area contributed by atoms with Crippen molar-refractivity contribution in [3.05, 3.63) is 83.4 Å². The number of nitrogens with zero attached hydrogens (tertiary/aromatic N) is 1. The topological polar surface area (TPSA) is 67.9 Å². The number of rotatable bonds is 5. The van der Waals surface area contributed by atoms with E-state index >= 15 is 0 Å². The van der Waals surface area contributed by atoms with Gasteiger partial charge in [-0.2, -0.15) is 0 Å². The zero-order valence-corrected chi connectivity index (χ0v) is 17.6. The summed E-state index contributed by atoms with van der Waals surface area (Å²) in [6.07, 6.45) is 2.67. The highest BCUT2D eigenvalue weighted by Crippen LogP contribution is 2.35. The molecule has 0 aliphatic carbocycles. The molecule has 2 amide bonds. The van der Waals surface area contributed by atoms with Crippen molar-refractivity contribution in [3.8, 4) is 11.5 Å². The molecule has 6 nitrogen and oxygen atoms in total. The number of carbonyl (C=O) groups is 2. The van der Waals surface area contributed by atoms with Crippen LogP contribution in [-0.4, -0.2) is 32.1 Å². The summed E-state index contributed by atoms with van der Waals surface area (Å²) in [5.41, 5.74) is 5.19. The van der Waals surface area contributed by atoms with Crippen molar-refractivity contribution in [3.63, 3.8) is 0 Å². The van der Waals surface area contributed by atoms with Crippen LogP contribution in [0.4, 0.5) is 11.4 Å². The lowest BCUT2D eigenvalue weighted by Gasteiger charge is -2.18. The maximum atomic E-state index is 12.7. The SMILES string of the molecule is COc1cc(/C=C2\C(=O)Nc3ccccc32)ccc1OCC(=O)N1CCc2ccccc21. The van der Waals surface area contributed by atoms with Gasteiger partial charge in [0, 0.05) is 29.1 Å². The minimum Gasteiger partial charge on any atom is -0.493 e. The highest BCUT2D eigenvalue weighted by molar-refractivity contribution is 6.34. The number of carbonyl (C=O) groups excluding carboxylic acids is 2. The zero-order valence-electron chi connectivity index (χ0n) is 17.6. The van der Waals surface area contributed by atoms with Gasteiger partial charge in [-0.1, -0.05) is 42.5 Å². The summed E-state index contributed by atoms with van der Waals surface area (Å²) in [7, 11) is 1.55. The van der Waals surface area contributed by atoms with Crippen molar-refractivity contribution < 1.29 is 19.1 Å². The van der Waals surface area contributed by atoms with Gasteiger partial charge >= 0.3 is 0 Å². The van der Waals surface area contributed by atoms with Crippen LogP contribution in [0, 0.1) is 0 Å². The first kappa shape index (κ1) is 19.9. The molecule has 3 aromatic carbocycles. The number of benzene rings is 3. The molecule has 0 unspecified atom stereocenters. The Kier molecular flexibility index (Phi) is 5.11. The van der Waals surface area contributed by atoms with Crippen molar-refractivity contribution >= 4 is 34.8 Å². The molecule has 6 heteroatoms.